The molecule has 1 aliphatic heterocycles. The number of aromatic nitrogens is 3. The summed E-state index contributed by atoms with van der Waals surface area (Å²) in [6.45, 7) is 3.12. The zero-order valence-corrected chi connectivity index (χ0v) is 17.3. The second-order valence-corrected chi connectivity index (χ2v) is 7.51. The van der Waals surface area contributed by atoms with Gasteiger partial charge in [-0.3, -0.25) is 9.78 Å². The van der Waals surface area contributed by atoms with Crippen molar-refractivity contribution in [2.75, 3.05) is 23.3 Å². The number of carbonyl (C=O) groups is 1. The third-order valence-corrected chi connectivity index (χ3v) is 5.35. The first-order chi connectivity index (χ1) is 14.9. The molecule has 0 unspecified atom stereocenters. The molecule has 6 nitrogen and oxygen atoms in total. The monoisotopic (exact) mass is 441 g/mol. The van der Waals surface area contributed by atoms with E-state index in [1.165, 1.54) is 18.3 Å². The van der Waals surface area contributed by atoms with Crippen molar-refractivity contribution < 1.29 is 13.6 Å². The van der Waals surface area contributed by atoms with Gasteiger partial charge in [-0.25, -0.2) is 18.7 Å². The lowest BCUT2D eigenvalue weighted by Crippen LogP contribution is -2.32. The zero-order valence-electron chi connectivity index (χ0n) is 16.6. The molecular formula is C22H18ClF2N5O. The number of amides is 1. The van der Waals surface area contributed by atoms with Crippen LogP contribution >= 0.6 is 11.6 Å². The number of halogens is 3. The molecule has 4 rings (SSSR count). The van der Waals surface area contributed by atoms with E-state index in [9.17, 15) is 13.6 Å². The molecule has 1 aromatic carbocycles. The molecule has 0 saturated heterocycles. The van der Waals surface area contributed by atoms with Crippen LogP contribution in [0.3, 0.4) is 0 Å². The molecule has 1 amide bonds. The van der Waals surface area contributed by atoms with Crippen molar-refractivity contribution in [2.45, 2.75) is 13.3 Å². The maximum absolute atomic E-state index is 14.1. The molecule has 1 aliphatic rings. The Labute approximate surface area is 182 Å². The van der Waals surface area contributed by atoms with Crippen LogP contribution in [-0.2, 0) is 0 Å². The molecule has 9 heteroatoms. The highest BCUT2D eigenvalue weighted by Gasteiger charge is 2.22. The highest BCUT2D eigenvalue weighted by Crippen LogP contribution is 2.29. The highest BCUT2D eigenvalue weighted by atomic mass is 35.5. The Hall–Kier alpha value is -3.39. The summed E-state index contributed by atoms with van der Waals surface area (Å²) in [4.78, 5) is 27.1. The minimum Gasteiger partial charge on any atom is -0.349 e. The van der Waals surface area contributed by atoms with Crippen LogP contribution < -0.4 is 10.2 Å². The van der Waals surface area contributed by atoms with Crippen molar-refractivity contribution in [2.24, 2.45) is 0 Å². The number of hydrogen-bond donors (Lipinski definition) is 1. The van der Waals surface area contributed by atoms with E-state index in [1.54, 1.807) is 18.5 Å². The van der Waals surface area contributed by atoms with Crippen LogP contribution in [-0.4, -0.2) is 33.9 Å². The number of benzene rings is 1. The summed E-state index contributed by atoms with van der Waals surface area (Å²) in [6, 6.07) is 6.47. The molecule has 0 radical (unpaired) electrons. The minimum absolute atomic E-state index is 0.00640. The third-order valence-electron chi connectivity index (χ3n) is 5.04. The first-order valence-corrected chi connectivity index (χ1v) is 9.93. The fraction of sp³-hybridized carbons (Fsp3) is 0.182. The predicted molar refractivity (Wildman–Crippen MR) is 115 cm³/mol. The Morgan fingerprint density at radius 1 is 1.16 bits per heavy atom. The zero-order chi connectivity index (χ0) is 22.0. The molecule has 158 valence electrons. The van der Waals surface area contributed by atoms with Gasteiger partial charge >= 0.3 is 0 Å². The molecule has 3 aromatic rings. The van der Waals surface area contributed by atoms with Gasteiger partial charge in [0.15, 0.2) is 17.5 Å². The van der Waals surface area contributed by atoms with Crippen LogP contribution in [0.25, 0.3) is 5.57 Å². The van der Waals surface area contributed by atoms with Gasteiger partial charge in [-0.2, -0.15) is 0 Å². The molecule has 0 saturated carbocycles. The standard InChI is InChI=1S/C22H18ClF2N5O/c1-13-6-8-30(21-18(25)3-2-7-26-21)12-16(13)19-10-28-20(11-27-19)29-22(31)15-5-4-14(24)9-17(15)23/h2-5,7,9-11H,6,8,12H2,1H3,(H,28,29,31). The maximum atomic E-state index is 14.1. The van der Waals surface area contributed by atoms with Crippen LogP contribution in [0.15, 0.2) is 54.5 Å². The number of hydrogen-bond acceptors (Lipinski definition) is 5. The van der Waals surface area contributed by atoms with Gasteiger partial charge in [-0.05, 0) is 49.2 Å². The number of rotatable bonds is 4. The van der Waals surface area contributed by atoms with Crippen LogP contribution in [0.4, 0.5) is 20.4 Å². The van der Waals surface area contributed by atoms with E-state index in [0.29, 0.717) is 24.6 Å². The summed E-state index contributed by atoms with van der Waals surface area (Å²) in [5.41, 5.74) is 2.84. The summed E-state index contributed by atoms with van der Waals surface area (Å²) in [7, 11) is 0. The van der Waals surface area contributed by atoms with Gasteiger partial charge in [0.25, 0.3) is 5.91 Å². The molecule has 0 bridgehead atoms. The summed E-state index contributed by atoms with van der Waals surface area (Å²) in [5, 5.41) is 2.60. The molecule has 0 spiro atoms. The van der Waals surface area contributed by atoms with Crippen LogP contribution in [0.5, 0.6) is 0 Å². The van der Waals surface area contributed by atoms with E-state index in [2.05, 4.69) is 20.3 Å². The minimum atomic E-state index is -0.526. The van der Waals surface area contributed by atoms with Gasteiger partial charge < -0.3 is 10.2 Å². The van der Waals surface area contributed by atoms with Crippen LogP contribution in [0.1, 0.15) is 29.4 Å². The lowest BCUT2D eigenvalue weighted by molar-refractivity contribution is 0.102. The van der Waals surface area contributed by atoms with Crippen LogP contribution in [0.2, 0.25) is 5.02 Å². The Balaban J connectivity index is 1.50. The Kier molecular flexibility index (Phi) is 5.90. The van der Waals surface area contributed by atoms with E-state index in [4.69, 9.17) is 11.6 Å². The SMILES string of the molecule is CC1=C(c2cnc(NC(=O)c3ccc(F)cc3Cl)cn2)CN(c2ncccc2F)CC1. The molecule has 1 N–H and O–H groups in total. The maximum Gasteiger partial charge on any atom is 0.258 e. The van der Waals surface area contributed by atoms with E-state index >= 15 is 0 Å². The van der Waals surface area contributed by atoms with Gasteiger partial charge in [0.1, 0.15) is 5.82 Å². The summed E-state index contributed by atoms with van der Waals surface area (Å²) in [5.74, 6) is -0.875. The second kappa shape index (κ2) is 8.77. The predicted octanol–water partition coefficient (Wildman–Crippen LogP) is 4.74. The number of pyridine rings is 1. The van der Waals surface area contributed by atoms with Gasteiger partial charge in [0.2, 0.25) is 0 Å². The van der Waals surface area contributed by atoms with E-state index in [-0.39, 0.29) is 22.2 Å². The summed E-state index contributed by atoms with van der Waals surface area (Å²) >= 11 is 5.93. The van der Waals surface area contributed by atoms with Crippen LogP contribution in [0, 0.1) is 11.6 Å². The Bertz CT molecular complexity index is 1170. The van der Waals surface area contributed by atoms with Gasteiger partial charge in [0, 0.05) is 19.3 Å². The quantitative estimate of drug-likeness (QED) is 0.633. The van der Waals surface area contributed by atoms with E-state index < -0.39 is 11.7 Å². The fourth-order valence-corrected chi connectivity index (χ4v) is 3.61. The topological polar surface area (TPSA) is 71.0 Å². The summed E-state index contributed by atoms with van der Waals surface area (Å²) < 4.78 is 27.3. The van der Waals surface area contributed by atoms with Crippen molar-refractivity contribution in [3.8, 4) is 0 Å². The van der Waals surface area contributed by atoms with Gasteiger partial charge in [0.05, 0.1) is 28.7 Å². The van der Waals surface area contributed by atoms with E-state index in [0.717, 1.165) is 29.7 Å². The Morgan fingerprint density at radius 2 is 2.00 bits per heavy atom. The first kappa shape index (κ1) is 20.9. The second-order valence-electron chi connectivity index (χ2n) is 7.10. The lowest BCUT2D eigenvalue weighted by Gasteiger charge is -2.30. The smallest absolute Gasteiger partial charge is 0.258 e. The fourth-order valence-electron chi connectivity index (χ4n) is 3.35. The molecule has 0 atom stereocenters. The normalized spacial score (nSPS) is 14.0. The van der Waals surface area contributed by atoms with Gasteiger partial charge in [-0.1, -0.05) is 17.2 Å². The van der Waals surface area contributed by atoms with Crippen molar-refractivity contribution in [1.29, 1.82) is 0 Å². The summed E-state index contributed by atoms with van der Waals surface area (Å²) in [6.07, 6.45) is 5.30. The van der Waals surface area contributed by atoms with Crippen molar-refractivity contribution in [3.63, 3.8) is 0 Å². The lowest BCUT2D eigenvalue weighted by atomic mass is 9.99. The number of carbonyl (C=O) groups excluding carboxylic acids is 1. The average molecular weight is 442 g/mol. The highest BCUT2D eigenvalue weighted by molar-refractivity contribution is 6.34. The Morgan fingerprint density at radius 3 is 2.71 bits per heavy atom. The number of nitrogens with one attached hydrogen (secondary N) is 1. The number of nitrogens with zero attached hydrogens (tertiary/aromatic N) is 4. The molecule has 31 heavy (non-hydrogen) atoms. The third kappa shape index (κ3) is 4.54. The molecule has 0 aliphatic carbocycles. The average Bonchev–Trinajstić information content (AvgIpc) is 2.75. The number of anilines is 2. The molecule has 2 aromatic heterocycles. The largest absolute Gasteiger partial charge is 0.349 e. The van der Waals surface area contributed by atoms with Crippen molar-refractivity contribution in [3.05, 3.63) is 82.4 Å². The van der Waals surface area contributed by atoms with E-state index in [1.807, 2.05) is 11.8 Å². The molecular weight excluding hydrogens is 424 g/mol. The molecule has 0 fully saturated rings. The first-order valence-electron chi connectivity index (χ1n) is 9.55. The molecule has 3 heterocycles. The van der Waals surface area contributed by atoms with Gasteiger partial charge in [-0.15, -0.1) is 0 Å². The van der Waals surface area contributed by atoms with Crippen molar-refractivity contribution >= 4 is 34.7 Å². The van der Waals surface area contributed by atoms with Crippen molar-refractivity contribution in [1.82, 2.24) is 15.0 Å².